The van der Waals surface area contributed by atoms with Gasteiger partial charge in [0, 0.05) is 12.6 Å². The third-order valence-corrected chi connectivity index (χ3v) is 1.62. The molecular weight excluding hydrogens is 176 g/mol. The lowest BCUT2D eigenvalue weighted by molar-refractivity contribution is 0.0115. The van der Waals surface area contributed by atoms with Crippen molar-refractivity contribution in [3.63, 3.8) is 0 Å². The fourth-order valence-electron chi connectivity index (χ4n) is 0.741. The second kappa shape index (κ2) is 4.11. The molecule has 0 fully saturated rings. The molecule has 0 aliphatic carbocycles. The van der Waals surface area contributed by atoms with Gasteiger partial charge in [0.05, 0.1) is 6.54 Å². The lowest BCUT2D eigenvalue weighted by atomic mass is 10.2. The number of nitrogens with zero attached hydrogens (tertiary/aromatic N) is 2. The summed E-state index contributed by atoms with van der Waals surface area (Å²) in [5.41, 5.74) is 0. The molecule has 0 saturated heterocycles. The van der Waals surface area contributed by atoms with E-state index < -0.39 is 12.5 Å². The number of halogens is 2. The Labute approximate surface area is 75.2 Å². The van der Waals surface area contributed by atoms with Gasteiger partial charge in [-0.25, -0.2) is 8.78 Å². The molecule has 0 atom stereocenters. The molecule has 1 heterocycles. The van der Waals surface area contributed by atoms with Gasteiger partial charge in [0.25, 0.3) is 5.92 Å². The minimum Gasteiger partial charge on any atom is -0.363 e. The highest BCUT2D eigenvalue weighted by molar-refractivity contribution is 5.31. The third-order valence-electron chi connectivity index (χ3n) is 1.62. The highest BCUT2D eigenvalue weighted by Crippen LogP contribution is 2.17. The van der Waals surface area contributed by atoms with Crippen molar-refractivity contribution in [2.75, 3.05) is 11.9 Å². The summed E-state index contributed by atoms with van der Waals surface area (Å²) in [5, 5.41) is 9.69. The lowest BCUT2D eigenvalue weighted by Crippen LogP contribution is -2.26. The maximum absolute atomic E-state index is 12.7. The minimum absolute atomic E-state index is 0.180. The molecule has 1 N–H and O–H groups in total. The Hall–Kier alpha value is -1.26. The number of hydrogen-bond acceptors (Lipinski definition) is 3. The van der Waals surface area contributed by atoms with Crippen molar-refractivity contribution < 1.29 is 8.78 Å². The van der Waals surface area contributed by atoms with Crippen LogP contribution in [0.2, 0.25) is 0 Å². The number of aromatic nitrogens is 2. The van der Waals surface area contributed by atoms with Crippen molar-refractivity contribution in [1.82, 2.24) is 10.2 Å². The van der Waals surface area contributed by atoms with Crippen LogP contribution in [0.1, 0.15) is 13.3 Å². The van der Waals surface area contributed by atoms with Crippen molar-refractivity contribution in [2.45, 2.75) is 19.3 Å². The maximum atomic E-state index is 12.7. The molecule has 0 amide bonds. The van der Waals surface area contributed by atoms with E-state index in [1.54, 1.807) is 12.1 Å². The van der Waals surface area contributed by atoms with Crippen molar-refractivity contribution in [1.29, 1.82) is 0 Å². The molecule has 0 unspecified atom stereocenters. The molecule has 0 radical (unpaired) electrons. The predicted octanol–water partition coefficient (Wildman–Crippen LogP) is 1.93. The molecule has 0 aliphatic rings. The van der Waals surface area contributed by atoms with E-state index in [9.17, 15) is 8.78 Å². The number of rotatable bonds is 4. The summed E-state index contributed by atoms with van der Waals surface area (Å²) >= 11 is 0. The minimum atomic E-state index is -2.68. The Morgan fingerprint density at radius 3 is 2.85 bits per heavy atom. The van der Waals surface area contributed by atoms with Gasteiger partial charge in [0.2, 0.25) is 0 Å². The van der Waals surface area contributed by atoms with E-state index in [4.69, 9.17) is 0 Å². The molecule has 0 saturated carbocycles. The molecule has 5 heteroatoms. The molecule has 0 aliphatic heterocycles. The van der Waals surface area contributed by atoms with Crippen LogP contribution >= 0.6 is 0 Å². The summed E-state index contributed by atoms with van der Waals surface area (Å²) < 4.78 is 25.5. The van der Waals surface area contributed by atoms with Crippen LogP contribution in [0.3, 0.4) is 0 Å². The van der Waals surface area contributed by atoms with Gasteiger partial charge < -0.3 is 5.32 Å². The monoisotopic (exact) mass is 187 g/mol. The molecule has 1 aromatic heterocycles. The normalized spacial score (nSPS) is 11.3. The van der Waals surface area contributed by atoms with Gasteiger partial charge in [-0.3, -0.25) is 0 Å². The highest BCUT2D eigenvalue weighted by Gasteiger charge is 2.25. The van der Waals surface area contributed by atoms with Gasteiger partial charge in [-0.05, 0) is 12.1 Å². The smallest absolute Gasteiger partial charge is 0.264 e. The van der Waals surface area contributed by atoms with Crippen molar-refractivity contribution >= 4 is 5.82 Å². The van der Waals surface area contributed by atoms with E-state index in [-0.39, 0.29) is 6.42 Å². The zero-order valence-corrected chi connectivity index (χ0v) is 7.30. The Morgan fingerprint density at radius 1 is 1.54 bits per heavy atom. The number of alkyl halides is 2. The largest absolute Gasteiger partial charge is 0.363 e. The third kappa shape index (κ3) is 3.31. The van der Waals surface area contributed by atoms with Crippen LogP contribution in [0.4, 0.5) is 14.6 Å². The standard InChI is InChI=1S/C8H11F2N3/c1-2-8(9,10)6-11-7-4-3-5-12-13-7/h3-5H,2,6H2,1H3,(H,11,13). The van der Waals surface area contributed by atoms with E-state index >= 15 is 0 Å². The quantitative estimate of drug-likeness (QED) is 0.782. The van der Waals surface area contributed by atoms with E-state index in [1.165, 1.54) is 13.1 Å². The van der Waals surface area contributed by atoms with Crippen LogP contribution < -0.4 is 5.32 Å². The second-order valence-corrected chi connectivity index (χ2v) is 2.67. The topological polar surface area (TPSA) is 37.8 Å². The summed E-state index contributed by atoms with van der Waals surface area (Å²) in [4.78, 5) is 0. The number of hydrogen-bond donors (Lipinski definition) is 1. The molecule has 13 heavy (non-hydrogen) atoms. The van der Waals surface area contributed by atoms with Crippen molar-refractivity contribution in [2.24, 2.45) is 0 Å². The first-order valence-corrected chi connectivity index (χ1v) is 4.03. The molecule has 0 aromatic carbocycles. The predicted molar refractivity (Wildman–Crippen MR) is 45.8 cm³/mol. The first-order chi connectivity index (χ1) is 6.14. The molecule has 1 rings (SSSR count). The van der Waals surface area contributed by atoms with E-state index in [1.807, 2.05) is 0 Å². The van der Waals surface area contributed by atoms with E-state index in [2.05, 4.69) is 15.5 Å². The lowest BCUT2D eigenvalue weighted by Gasteiger charge is -2.14. The Kier molecular flexibility index (Phi) is 3.11. The van der Waals surface area contributed by atoms with Gasteiger partial charge in [0.15, 0.2) is 0 Å². The molecule has 3 nitrogen and oxygen atoms in total. The fraction of sp³-hybridized carbons (Fsp3) is 0.500. The summed E-state index contributed by atoms with van der Waals surface area (Å²) in [6.45, 7) is 1.04. The van der Waals surface area contributed by atoms with Crippen LogP contribution in [0.5, 0.6) is 0 Å². The molecular formula is C8H11F2N3. The summed E-state index contributed by atoms with van der Waals surface area (Å²) in [7, 11) is 0. The van der Waals surface area contributed by atoms with Gasteiger partial charge >= 0.3 is 0 Å². The number of anilines is 1. The fourth-order valence-corrected chi connectivity index (χ4v) is 0.741. The molecule has 0 spiro atoms. The van der Waals surface area contributed by atoms with Crippen molar-refractivity contribution in [3.8, 4) is 0 Å². The first kappa shape index (κ1) is 9.83. The average Bonchev–Trinajstić information content (AvgIpc) is 2.17. The Balaban J connectivity index is 2.44. The average molecular weight is 187 g/mol. The molecule has 72 valence electrons. The first-order valence-electron chi connectivity index (χ1n) is 4.03. The summed E-state index contributed by atoms with van der Waals surface area (Å²) in [6.07, 6.45) is 1.31. The van der Waals surface area contributed by atoms with Crippen LogP contribution in [0.15, 0.2) is 18.3 Å². The number of nitrogens with one attached hydrogen (secondary N) is 1. The van der Waals surface area contributed by atoms with Gasteiger partial charge in [-0.15, -0.1) is 5.10 Å². The van der Waals surface area contributed by atoms with Gasteiger partial charge in [-0.1, -0.05) is 6.92 Å². The maximum Gasteiger partial charge on any atom is 0.264 e. The highest BCUT2D eigenvalue weighted by atomic mass is 19.3. The zero-order chi connectivity index (χ0) is 9.73. The molecule has 1 aromatic rings. The second-order valence-electron chi connectivity index (χ2n) is 2.67. The van der Waals surface area contributed by atoms with Crippen LogP contribution in [0.25, 0.3) is 0 Å². The van der Waals surface area contributed by atoms with E-state index in [0.717, 1.165) is 0 Å². The SMILES string of the molecule is CCC(F)(F)CNc1cccnn1. The Bertz CT molecular complexity index is 251. The van der Waals surface area contributed by atoms with Gasteiger partial charge in [0.1, 0.15) is 5.82 Å². The van der Waals surface area contributed by atoms with E-state index in [0.29, 0.717) is 5.82 Å². The van der Waals surface area contributed by atoms with Gasteiger partial charge in [-0.2, -0.15) is 5.10 Å². The Morgan fingerprint density at radius 2 is 2.31 bits per heavy atom. The zero-order valence-electron chi connectivity index (χ0n) is 7.30. The van der Waals surface area contributed by atoms with Crippen LogP contribution in [-0.2, 0) is 0 Å². The summed E-state index contributed by atoms with van der Waals surface area (Å²) in [5.74, 6) is -2.31. The molecule has 0 bridgehead atoms. The van der Waals surface area contributed by atoms with Crippen LogP contribution in [0, 0.1) is 0 Å². The van der Waals surface area contributed by atoms with Crippen molar-refractivity contribution in [3.05, 3.63) is 18.3 Å². The summed E-state index contributed by atoms with van der Waals surface area (Å²) in [6, 6.07) is 3.23. The van der Waals surface area contributed by atoms with Crippen LogP contribution in [-0.4, -0.2) is 22.7 Å².